The third-order valence-electron chi connectivity index (χ3n) is 6.87. The first-order valence-electron chi connectivity index (χ1n) is 14.0. The van der Waals surface area contributed by atoms with Gasteiger partial charge in [-0.1, -0.05) is 74.0 Å². The van der Waals surface area contributed by atoms with E-state index in [1.54, 1.807) is 55.7 Å². The largest absolute Gasteiger partial charge is 0.384 e. The molecule has 13 nitrogen and oxygen atoms in total. The molecule has 3 rings (SSSR count). The number of carbonyl (C=O) groups is 3. The summed E-state index contributed by atoms with van der Waals surface area (Å²) < 4.78 is 5.84. The summed E-state index contributed by atoms with van der Waals surface area (Å²) in [6, 6.07) is 18.5. The van der Waals surface area contributed by atoms with Gasteiger partial charge >= 0.3 is 0 Å². The molecule has 1 heterocycles. The van der Waals surface area contributed by atoms with E-state index in [1.807, 2.05) is 30.3 Å². The Balaban J connectivity index is 1.90. The Hall–Kier alpha value is -5.30. The summed E-state index contributed by atoms with van der Waals surface area (Å²) >= 11 is 0. The number of ether oxygens (including phenoxy) is 1. The van der Waals surface area contributed by atoms with Gasteiger partial charge < -0.3 is 37.9 Å². The van der Waals surface area contributed by atoms with Crippen molar-refractivity contribution in [3.63, 3.8) is 0 Å². The summed E-state index contributed by atoms with van der Waals surface area (Å²) in [4.78, 5) is 44.3. The number of rotatable bonds is 16. The molecule has 0 radical (unpaired) electrons. The molecule has 3 atom stereocenters. The number of guanidine groups is 1. The lowest BCUT2D eigenvalue weighted by Crippen LogP contribution is -2.70. The van der Waals surface area contributed by atoms with Crippen LogP contribution in [0, 0.1) is 10.8 Å². The minimum Gasteiger partial charge on any atom is -0.384 e. The van der Waals surface area contributed by atoms with Gasteiger partial charge in [0.2, 0.25) is 11.8 Å². The number of benzene rings is 2. The fourth-order valence-electron chi connectivity index (χ4n) is 4.63. The van der Waals surface area contributed by atoms with Crippen LogP contribution in [0.1, 0.15) is 47.9 Å². The van der Waals surface area contributed by atoms with Crippen molar-refractivity contribution in [3.05, 3.63) is 101 Å². The van der Waals surface area contributed by atoms with E-state index in [9.17, 15) is 14.4 Å². The van der Waals surface area contributed by atoms with Gasteiger partial charge in [0.1, 0.15) is 11.9 Å². The monoisotopic (exact) mass is 601 g/mol. The summed E-state index contributed by atoms with van der Waals surface area (Å²) in [6.07, 6.45) is 3.87. The van der Waals surface area contributed by atoms with Gasteiger partial charge in [-0.2, -0.15) is 0 Å². The van der Waals surface area contributed by atoms with E-state index >= 15 is 0 Å². The van der Waals surface area contributed by atoms with Crippen molar-refractivity contribution >= 4 is 29.5 Å². The average Bonchev–Trinajstić information content (AvgIpc) is 3.00. The maximum absolute atomic E-state index is 13.9. The Morgan fingerprint density at radius 2 is 1.61 bits per heavy atom. The van der Waals surface area contributed by atoms with E-state index < -0.39 is 41.3 Å². The Kier molecular flexibility index (Phi) is 11.9. The van der Waals surface area contributed by atoms with Crippen molar-refractivity contribution in [1.29, 1.82) is 10.8 Å². The topological polar surface area (TPSA) is 235 Å². The third kappa shape index (κ3) is 9.36. The van der Waals surface area contributed by atoms with Gasteiger partial charge in [-0.3, -0.25) is 30.2 Å². The highest BCUT2D eigenvalue weighted by molar-refractivity contribution is 5.97. The second kappa shape index (κ2) is 15.8. The van der Waals surface area contributed by atoms with Crippen LogP contribution in [0.5, 0.6) is 0 Å². The van der Waals surface area contributed by atoms with Gasteiger partial charge in [-0.15, -0.1) is 0 Å². The van der Waals surface area contributed by atoms with E-state index in [-0.39, 0.29) is 31.9 Å². The lowest BCUT2D eigenvalue weighted by atomic mass is 9.91. The zero-order valence-electron chi connectivity index (χ0n) is 24.5. The Bertz CT molecular complexity index is 1440. The number of nitrogen functional groups attached to an aromatic ring is 1. The van der Waals surface area contributed by atoms with Crippen molar-refractivity contribution in [2.45, 2.75) is 50.4 Å². The van der Waals surface area contributed by atoms with E-state index in [0.29, 0.717) is 17.5 Å². The molecule has 1 aromatic heterocycles. The first-order chi connectivity index (χ1) is 21.0. The number of hydrogen-bond donors (Lipinski definition) is 8. The van der Waals surface area contributed by atoms with E-state index in [2.05, 4.69) is 20.9 Å². The zero-order chi connectivity index (χ0) is 32.1. The Morgan fingerprint density at radius 1 is 0.909 bits per heavy atom. The number of pyridine rings is 1. The predicted molar refractivity (Wildman–Crippen MR) is 166 cm³/mol. The molecule has 11 N–H and O–H groups in total. The smallest absolute Gasteiger partial charge is 0.264 e. The number of hydrogen-bond acceptors (Lipinski definition) is 7. The van der Waals surface area contributed by atoms with Crippen molar-refractivity contribution in [3.8, 4) is 0 Å². The highest BCUT2D eigenvalue weighted by Gasteiger charge is 2.40. The molecular formula is C31H39N9O4. The summed E-state index contributed by atoms with van der Waals surface area (Å²) in [7, 11) is 0. The van der Waals surface area contributed by atoms with Crippen LogP contribution in [-0.4, -0.2) is 52.8 Å². The number of nitrogens with two attached hydrogens (primary N) is 3. The summed E-state index contributed by atoms with van der Waals surface area (Å²) in [6.45, 7) is 1.70. The molecule has 0 fully saturated rings. The maximum atomic E-state index is 13.9. The molecule has 0 bridgehead atoms. The van der Waals surface area contributed by atoms with Gasteiger partial charge in [-0.05, 0) is 35.6 Å². The molecule has 0 saturated heterocycles. The van der Waals surface area contributed by atoms with Crippen molar-refractivity contribution < 1.29 is 19.1 Å². The van der Waals surface area contributed by atoms with E-state index in [4.69, 9.17) is 32.8 Å². The quantitative estimate of drug-likeness (QED) is 0.0667. The van der Waals surface area contributed by atoms with Crippen LogP contribution < -0.4 is 33.2 Å². The summed E-state index contributed by atoms with van der Waals surface area (Å²) in [5.74, 6) is -3.59. The van der Waals surface area contributed by atoms with Crippen molar-refractivity contribution in [2.24, 2.45) is 17.2 Å². The first kappa shape index (κ1) is 33.2. The molecule has 0 aliphatic rings. The van der Waals surface area contributed by atoms with Crippen LogP contribution in [0.2, 0.25) is 0 Å². The second-order valence-electron chi connectivity index (χ2n) is 10.3. The Morgan fingerprint density at radius 3 is 2.18 bits per heavy atom. The van der Waals surface area contributed by atoms with Gasteiger partial charge in [0, 0.05) is 18.0 Å². The SMILES string of the molecule is CCC[C@](NC(=N)N)(NC(=O)[C@H](COCc1ccccc1)NC(=O)[C@H](Cc1ccc(C(=N)N)cc1)c1cccnc1)C(N)=O. The fraction of sp³-hybridized carbons (Fsp3) is 0.290. The van der Waals surface area contributed by atoms with E-state index in [1.165, 1.54) is 0 Å². The molecule has 0 spiro atoms. The zero-order valence-corrected chi connectivity index (χ0v) is 24.5. The lowest BCUT2D eigenvalue weighted by Gasteiger charge is -2.34. The van der Waals surface area contributed by atoms with Crippen LogP contribution in [-0.2, 0) is 32.1 Å². The molecule has 3 amide bonds. The maximum Gasteiger partial charge on any atom is 0.264 e. The van der Waals surface area contributed by atoms with Crippen LogP contribution in [0.25, 0.3) is 0 Å². The molecular weight excluding hydrogens is 562 g/mol. The molecule has 0 aliphatic heterocycles. The minimum atomic E-state index is -1.86. The Labute approximate surface area is 256 Å². The lowest BCUT2D eigenvalue weighted by molar-refractivity contribution is -0.136. The average molecular weight is 602 g/mol. The number of carbonyl (C=O) groups excluding carboxylic acids is 3. The molecule has 13 heteroatoms. The summed E-state index contributed by atoms with van der Waals surface area (Å²) in [5.41, 5.74) is 17.7. The standard InChI is InChI=1S/C31H39N9O4/c1-2-14-31(29(34)43,40-30(35)36)39-28(42)25(19-44-18-21-7-4-3-5-8-21)38-27(41)24(23-9-6-15-37-17-23)16-20-10-12-22(13-11-20)26(32)33/h3-13,15,17,24-25H,2,14,16,18-19H2,1H3,(H3,32,33)(H2,34,43)(H,38,41)(H,39,42)(H4,35,36,40)/t24-,25+,31-/m1/s1. The minimum absolute atomic E-state index is 0.0355. The van der Waals surface area contributed by atoms with Crippen molar-refractivity contribution in [1.82, 2.24) is 20.9 Å². The molecule has 2 aromatic carbocycles. The second-order valence-corrected chi connectivity index (χ2v) is 10.3. The van der Waals surface area contributed by atoms with Crippen LogP contribution in [0.3, 0.4) is 0 Å². The number of nitrogens with one attached hydrogen (secondary N) is 5. The highest BCUT2D eigenvalue weighted by Crippen LogP contribution is 2.22. The van der Waals surface area contributed by atoms with Gasteiger partial charge in [0.15, 0.2) is 11.6 Å². The molecule has 0 aliphatic carbocycles. The molecule has 44 heavy (non-hydrogen) atoms. The normalized spacial score (nSPS) is 13.5. The molecule has 0 unspecified atom stereocenters. The fourth-order valence-corrected chi connectivity index (χ4v) is 4.63. The van der Waals surface area contributed by atoms with Gasteiger partial charge in [0.25, 0.3) is 5.91 Å². The summed E-state index contributed by atoms with van der Waals surface area (Å²) in [5, 5.41) is 23.1. The van der Waals surface area contributed by atoms with Crippen LogP contribution in [0.4, 0.5) is 0 Å². The molecule has 232 valence electrons. The van der Waals surface area contributed by atoms with E-state index in [0.717, 1.165) is 11.1 Å². The van der Waals surface area contributed by atoms with Crippen molar-refractivity contribution in [2.75, 3.05) is 6.61 Å². The van der Waals surface area contributed by atoms with Crippen LogP contribution >= 0.6 is 0 Å². The number of amidine groups is 1. The molecule has 0 saturated carbocycles. The number of primary amides is 1. The first-order valence-corrected chi connectivity index (χ1v) is 14.0. The van der Waals surface area contributed by atoms with Gasteiger partial charge in [-0.25, -0.2) is 0 Å². The van der Waals surface area contributed by atoms with Gasteiger partial charge in [0.05, 0.1) is 19.1 Å². The number of nitrogens with zero attached hydrogens (tertiary/aromatic N) is 1. The number of amides is 3. The molecule has 3 aromatic rings. The highest BCUT2D eigenvalue weighted by atomic mass is 16.5. The van der Waals surface area contributed by atoms with Crippen LogP contribution in [0.15, 0.2) is 79.1 Å². The third-order valence-corrected chi connectivity index (χ3v) is 6.87. The number of aromatic nitrogens is 1. The predicted octanol–water partition coefficient (Wildman–Crippen LogP) is 0.975.